The van der Waals surface area contributed by atoms with Crippen LogP contribution in [0.15, 0.2) is 158 Å². The van der Waals surface area contributed by atoms with Crippen molar-refractivity contribution in [2.75, 3.05) is 0 Å². The molecule has 0 bridgehead atoms. The van der Waals surface area contributed by atoms with Gasteiger partial charge in [0, 0.05) is 47.0 Å². The summed E-state index contributed by atoms with van der Waals surface area (Å²) >= 11 is 0. The van der Waals surface area contributed by atoms with E-state index in [-0.39, 0.29) is 0 Å². The van der Waals surface area contributed by atoms with Gasteiger partial charge in [0.1, 0.15) is 0 Å². The lowest BCUT2D eigenvalue weighted by atomic mass is 9.95. The van der Waals surface area contributed by atoms with Crippen LogP contribution in [0.2, 0.25) is 0 Å². The third-order valence-electron chi connectivity index (χ3n) is 8.99. The molecule has 0 radical (unpaired) electrons. The van der Waals surface area contributed by atoms with Gasteiger partial charge in [-0.2, -0.15) is 0 Å². The molecule has 2 heteroatoms. The van der Waals surface area contributed by atoms with Crippen molar-refractivity contribution in [3.05, 3.63) is 158 Å². The summed E-state index contributed by atoms with van der Waals surface area (Å²) < 4.78 is 4.66. The molecular formula is C42H32N2. The molecule has 0 spiro atoms. The Morgan fingerprint density at radius 1 is 0.295 bits per heavy atom. The summed E-state index contributed by atoms with van der Waals surface area (Å²) in [5, 5.41) is 2.55. The Kier molecular flexibility index (Phi) is 6.27. The maximum absolute atomic E-state index is 2.33. The smallest absolute Gasteiger partial charge is 0.0568 e. The number of para-hydroxylation sites is 2. The highest BCUT2D eigenvalue weighted by atomic mass is 15.0. The average molecular weight is 565 g/mol. The third-order valence-corrected chi connectivity index (χ3v) is 8.99. The van der Waals surface area contributed by atoms with Gasteiger partial charge >= 0.3 is 0 Å². The minimum Gasteiger partial charge on any atom is -0.343 e. The van der Waals surface area contributed by atoms with E-state index in [1.165, 1.54) is 77.7 Å². The van der Waals surface area contributed by atoms with Crippen LogP contribution < -0.4 is 0 Å². The summed E-state index contributed by atoms with van der Waals surface area (Å²) in [7, 11) is 4.35. The van der Waals surface area contributed by atoms with E-state index in [4.69, 9.17) is 0 Å². The summed E-state index contributed by atoms with van der Waals surface area (Å²) in [4.78, 5) is 0. The molecule has 0 saturated carbocycles. The number of nitrogens with zero attached hydrogens (tertiary/aromatic N) is 2. The van der Waals surface area contributed by atoms with Crippen LogP contribution in [0, 0.1) is 0 Å². The molecule has 0 N–H and O–H groups in total. The molecule has 2 nitrogen and oxygen atoms in total. The van der Waals surface area contributed by atoms with Gasteiger partial charge in [0.2, 0.25) is 0 Å². The first-order valence-electron chi connectivity index (χ1n) is 15.2. The molecule has 0 amide bonds. The Bertz CT molecular complexity index is 2090. The van der Waals surface area contributed by atoms with E-state index in [1.54, 1.807) is 0 Å². The lowest BCUT2D eigenvalue weighted by Gasteiger charge is -2.12. The zero-order chi connectivity index (χ0) is 29.6. The predicted molar refractivity (Wildman–Crippen MR) is 187 cm³/mol. The number of benzene rings is 6. The van der Waals surface area contributed by atoms with E-state index in [2.05, 4.69) is 181 Å². The Morgan fingerprint density at radius 3 is 1.00 bits per heavy atom. The van der Waals surface area contributed by atoms with Crippen LogP contribution in [0.3, 0.4) is 0 Å². The molecule has 2 aromatic heterocycles. The van der Waals surface area contributed by atoms with Crippen molar-refractivity contribution in [1.29, 1.82) is 0 Å². The summed E-state index contributed by atoms with van der Waals surface area (Å²) in [6, 6.07) is 56.9. The zero-order valence-electron chi connectivity index (χ0n) is 24.9. The highest BCUT2D eigenvalue weighted by molar-refractivity contribution is 6.05. The molecule has 0 aliphatic carbocycles. The van der Waals surface area contributed by atoms with Crippen molar-refractivity contribution in [3.63, 3.8) is 0 Å². The first-order valence-corrected chi connectivity index (χ1v) is 15.2. The number of hydrogen-bond donors (Lipinski definition) is 0. The van der Waals surface area contributed by atoms with Gasteiger partial charge < -0.3 is 9.13 Å². The fourth-order valence-corrected chi connectivity index (χ4v) is 6.90. The van der Waals surface area contributed by atoms with Crippen molar-refractivity contribution in [3.8, 4) is 55.9 Å². The second-order valence-corrected chi connectivity index (χ2v) is 11.5. The number of rotatable bonds is 5. The molecule has 0 atom stereocenters. The highest BCUT2D eigenvalue weighted by Crippen LogP contribution is 2.42. The fourth-order valence-electron chi connectivity index (χ4n) is 6.90. The maximum Gasteiger partial charge on any atom is 0.0568 e. The molecule has 0 fully saturated rings. The molecule has 8 rings (SSSR count). The lowest BCUT2D eigenvalue weighted by molar-refractivity contribution is 0.979. The number of hydrogen-bond acceptors (Lipinski definition) is 0. The average Bonchev–Trinajstić information content (AvgIpc) is 3.56. The Morgan fingerprint density at radius 2 is 0.614 bits per heavy atom. The summed E-state index contributed by atoms with van der Waals surface area (Å²) in [6.07, 6.45) is 0. The van der Waals surface area contributed by atoms with Crippen LogP contribution in [0.1, 0.15) is 0 Å². The molecular weight excluding hydrogens is 532 g/mol. The minimum atomic E-state index is 1.21. The molecule has 0 unspecified atom stereocenters. The van der Waals surface area contributed by atoms with E-state index >= 15 is 0 Å². The molecule has 0 aliphatic rings. The number of fused-ring (bicyclic) bond motifs is 2. The predicted octanol–water partition coefficient (Wildman–Crippen LogP) is 11.0. The Balaban J connectivity index is 1.19. The van der Waals surface area contributed by atoms with Gasteiger partial charge in [-0.1, -0.05) is 146 Å². The molecule has 8 aromatic rings. The number of aromatic nitrogens is 2. The molecule has 0 saturated heterocycles. The van der Waals surface area contributed by atoms with E-state index in [0.717, 1.165) is 0 Å². The van der Waals surface area contributed by atoms with E-state index in [1.807, 2.05) is 0 Å². The summed E-state index contributed by atoms with van der Waals surface area (Å²) in [5.41, 5.74) is 14.8. The molecule has 2 heterocycles. The standard InChI is InChI=1S/C42H32N2/c1-43-37-19-11-9-17-35(37)39(31-13-5-3-6-14-31)41(43)33-25-21-29(22-26-33)30-23-27-34(28-24-30)42-40(32-15-7-4-8-16-32)36-18-10-12-20-38(36)44(42)2/h3-28H,1-2H3. The van der Waals surface area contributed by atoms with Crippen molar-refractivity contribution in [1.82, 2.24) is 9.13 Å². The van der Waals surface area contributed by atoms with Crippen LogP contribution in [-0.4, -0.2) is 9.13 Å². The highest BCUT2D eigenvalue weighted by Gasteiger charge is 2.19. The van der Waals surface area contributed by atoms with Crippen molar-refractivity contribution in [2.24, 2.45) is 14.1 Å². The monoisotopic (exact) mass is 564 g/mol. The van der Waals surface area contributed by atoms with Gasteiger partial charge in [0.25, 0.3) is 0 Å². The fraction of sp³-hybridized carbons (Fsp3) is 0.0476. The van der Waals surface area contributed by atoms with Crippen LogP contribution >= 0.6 is 0 Å². The largest absolute Gasteiger partial charge is 0.343 e. The Hall–Kier alpha value is -5.60. The van der Waals surface area contributed by atoms with Gasteiger partial charge in [-0.05, 0) is 45.5 Å². The van der Waals surface area contributed by atoms with Gasteiger partial charge in [-0.3, -0.25) is 0 Å². The quantitative estimate of drug-likeness (QED) is 0.197. The van der Waals surface area contributed by atoms with Gasteiger partial charge in [0.15, 0.2) is 0 Å². The van der Waals surface area contributed by atoms with E-state index in [0.29, 0.717) is 0 Å². The molecule has 6 aromatic carbocycles. The summed E-state index contributed by atoms with van der Waals surface area (Å²) in [6.45, 7) is 0. The minimum absolute atomic E-state index is 1.21. The van der Waals surface area contributed by atoms with Crippen molar-refractivity contribution < 1.29 is 0 Å². The zero-order valence-corrected chi connectivity index (χ0v) is 24.9. The van der Waals surface area contributed by atoms with Gasteiger partial charge in [-0.15, -0.1) is 0 Å². The SMILES string of the molecule is Cn1c(-c2ccc(-c3ccc(-c4c(-c5ccccc5)c5ccccc5n4C)cc3)cc2)c(-c2ccccc2)c2ccccc21. The van der Waals surface area contributed by atoms with Crippen LogP contribution in [0.4, 0.5) is 0 Å². The van der Waals surface area contributed by atoms with Gasteiger partial charge in [0.05, 0.1) is 11.4 Å². The van der Waals surface area contributed by atoms with Gasteiger partial charge in [-0.25, -0.2) is 0 Å². The molecule has 44 heavy (non-hydrogen) atoms. The lowest BCUT2D eigenvalue weighted by Crippen LogP contribution is -1.93. The van der Waals surface area contributed by atoms with Crippen LogP contribution in [0.5, 0.6) is 0 Å². The van der Waals surface area contributed by atoms with Crippen molar-refractivity contribution >= 4 is 21.8 Å². The first kappa shape index (κ1) is 26.1. The molecule has 0 aliphatic heterocycles. The maximum atomic E-state index is 2.33. The summed E-state index contributed by atoms with van der Waals surface area (Å²) in [5.74, 6) is 0. The Labute approximate surface area is 258 Å². The third kappa shape index (κ3) is 4.19. The van der Waals surface area contributed by atoms with E-state index < -0.39 is 0 Å². The molecule has 210 valence electrons. The van der Waals surface area contributed by atoms with E-state index in [9.17, 15) is 0 Å². The van der Waals surface area contributed by atoms with Crippen LogP contribution in [-0.2, 0) is 14.1 Å². The second-order valence-electron chi connectivity index (χ2n) is 11.5. The number of aryl methyl sites for hydroxylation is 2. The normalized spacial score (nSPS) is 11.4. The first-order chi connectivity index (χ1) is 21.7. The topological polar surface area (TPSA) is 9.86 Å². The van der Waals surface area contributed by atoms with Crippen molar-refractivity contribution in [2.45, 2.75) is 0 Å². The van der Waals surface area contributed by atoms with Crippen LogP contribution in [0.25, 0.3) is 77.7 Å². The second kappa shape index (κ2) is 10.6.